The molecule has 3 aromatic rings. The van der Waals surface area contributed by atoms with E-state index in [0.717, 1.165) is 24.0 Å². The summed E-state index contributed by atoms with van der Waals surface area (Å²) in [5.74, 6) is 0.918. The molecule has 1 aliphatic rings. The van der Waals surface area contributed by atoms with Crippen molar-refractivity contribution in [2.75, 3.05) is 6.54 Å². The van der Waals surface area contributed by atoms with Gasteiger partial charge in [0.25, 0.3) is 5.91 Å². The SMILES string of the molecule is O=C(NCCc1cccc(F)c1)c1nc(-c2ccccc2)oc1C1CC1. The first-order valence-electron chi connectivity index (χ1n) is 8.79. The van der Waals surface area contributed by atoms with Gasteiger partial charge in [0.1, 0.15) is 11.6 Å². The summed E-state index contributed by atoms with van der Waals surface area (Å²) in [7, 11) is 0. The topological polar surface area (TPSA) is 55.1 Å². The summed E-state index contributed by atoms with van der Waals surface area (Å²) in [5.41, 5.74) is 2.07. The van der Waals surface area contributed by atoms with E-state index in [4.69, 9.17) is 4.42 Å². The third-order valence-corrected chi connectivity index (χ3v) is 4.43. The average Bonchev–Trinajstić information content (AvgIpc) is 3.40. The summed E-state index contributed by atoms with van der Waals surface area (Å²) in [5, 5.41) is 2.87. The number of aromatic nitrogens is 1. The minimum atomic E-state index is -0.270. The van der Waals surface area contributed by atoms with E-state index in [1.807, 2.05) is 36.4 Å². The number of rotatable bonds is 6. The average molecular weight is 350 g/mol. The Labute approximate surface area is 151 Å². The Hall–Kier alpha value is -2.95. The van der Waals surface area contributed by atoms with Gasteiger partial charge in [0.2, 0.25) is 5.89 Å². The summed E-state index contributed by atoms with van der Waals surface area (Å²) in [6.45, 7) is 0.417. The second-order valence-corrected chi connectivity index (χ2v) is 6.51. The summed E-state index contributed by atoms with van der Waals surface area (Å²) in [4.78, 5) is 17.0. The van der Waals surface area contributed by atoms with Gasteiger partial charge in [0.15, 0.2) is 5.69 Å². The maximum Gasteiger partial charge on any atom is 0.273 e. The van der Waals surface area contributed by atoms with E-state index in [2.05, 4.69) is 10.3 Å². The molecule has 4 nitrogen and oxygen atoms in total. The number of halogens is 1. The summed E-state index contributed by atoms with van der Waals surface area (Å²) < 4.78 is 19.1. The lowest BCUT2D eigenvalue weighted by atomic mass is 10.1. The summed E-state index contributed by atoms with van der Waals surface area (Å²) >= 11 is 0. The number of hydrogen-bond donors (Lipinski definition) is 1. The van der Waals surface area contributed by atoms with Crippen LogP contribution in [0.15, 0.2) is 59.0 Å². The number of nitrogens with zero attached hydrogens (tertiary/aromatic N) is 1. The monoisotopic (exact) mass is 350 g/mol. The lowest BCUT2D eigenvalue weighted by molar-refractivity contribution is 0.0947. The van der Waals surface area contributed by atoms with E-state index in [1.165, 1.54) is 12.1 Å². The molecular formula is C21H19FN2O2. The number of benzene rings is 2. The van der Waals surface area contributed by atoms with Gasteiger partial charge in [0, 0.05) is 18.0 Å². The first-order chi connectivity index (χ1) is 12.7. The standard InChI is InChI=1S/C21H19FN2O2/c22-17-8-4-5-14(13-17)11-12-23-20(25)18-19(15-9-10-15)26-21(24-18)16-6-2-1-3-7-16/h1-8,13,15H,9-12H2,(H,23,25). The zero-order valence-electron chi connectivity index (χ0n) is 14.2. The molecule has 5 heteroatoms. The molecule has 0 bridgehead atoms. The predicted molar refractivity (Wildman–Crippen MR) is 96.4 cm³/mol. The molecule has 1 amide bonds. The maximum absolute atomic E-state index is 13.2. The maximum atomic E-state index is 13.2. The molecule has 0 atom stereocenters. The Bertz CT molecular complexity index is 917. The highest BCUT2D eigenvalue weighted by molar-refractivity contribution is 5.94. The van der Waals surface area contributed by atoms with Crippen molar-refractivity contribution in [1.82, 2.24) is 10.3 Å². The zero-order valence-corrected chi connectivity index (χ0v) is 14.2. The van der Waals surface area contributed by atoms with Crippen LogP contribution in [0, 0.1) is 5.82 Å². The highest BCUT2D eigenvalue weighted by Crippen LogP contribution is 2.43. The van der Waals surface area contributed by atoms with Gasteiger partial charge >= 0.3 is 0 Å². The fourth-order valence-corrected chi connectivity index (χ4v) is 2.92. The predicted octanol–water partition coefficient (Wildman–Crippen LogP) is 4.33. The molecule has 0 saturated heterocycles. The van der Waals surface area contributed by atoms with Crippen molar-refractivity contribution in [2.24, 2.45) is 0 Å². The number of oxazole rings is 1. The van der Waals surface area contributed by atoms with Gasteiger partial charge in [-0.1, -0.05) is 30.3 Å². The van der Waals surface area contributed by atoms with E-state index >= 15 is 0 Å². The Morgan fingerprint density at radius 3 is 2.69 bits per heavy atom. The van der Waals surface area contributed by atoms with Crippen LogP contribution in [0.4, 0.5) is 4.39 Å². The highest BCUT2D eigenvalue weighted by Gasteiger charge is 2.34. The number of carbonyl (C=O) groups excluding carboxylic acids is 1. The minimum Gasteiger partial charge on any atom is -0.440 e. The second-order valence-electron chi connectivity index (χ2n) is 6.51. The van der Waals surface area contributed by atoms with Gasteiger partial charge in [-0.2, -0.15) is 0 Å². The van der Waals surface area contributed by atoms with Gasteiger partial charge in [-0.3, -0.25) is 4.79 Å². The zero-order chi connectivity index (χ0) is 17.9. The van der Waals surface area contributed by atoms with Crippen LogP contribution >= 0.6 is 0 Å². The number of carbonyl (C=O) groups is 1. The summed E-state index contributed by atoms with van der Waals surface area (Å²) in [6.07, 6.45) is 2.60. The lowest BCUT2D eigenvalue weighted by Crippen LogP contribution is -2.26. The number of hydrogen-bond acceptors (Lipinski definition) is 3. The van der Waals surface area contributed by atoms with Crippen LogP contribution in [0.1, 0.15) is 40.6 Å². The van der Waals surface area contributed by atoms with Gasteiger partial charge in [0.05, 0.1) is 0 Å². The molecule has 1 aromatic heterocycles. The molecule has 1 fully saturated rings. The van der Waals surface area contributed by atoms with Gasteiger partial charge in [-0.05, 0) is 49.1 Å². The molecule has 0 radical (unpaired) electrons. The van der Waals surface area contributed by atoms with Crippen molar-refractivity contribution in [2.45, 2.75) is 25.2 Å². The van der Waals surface area contributed by atoms with Crippen molar-refractivity contribution < 1.29 is 13.6 Å². The Balaban J connectivity index is 1.47. The quantitative estimate of drug-likeness (QED) is 0.720. The lowest BCUT2D eigenvalue weighted by Gasteiger charge is -2.04. The molecule has 132 valence electrons. The largest absolute Gasteiger partial charge is 0.440 e. The molecule has 1 heterocycles. The van der Waals surface area contributed by atoms with Crippen LogP contribution in [0.3, 0.4) is 0 Å². The normalized spacial score (nSPS) is 13.6. The minimum absolute atomic E-state index is 0.241. The second kappa shape index (κ2) is 7.12. The third kappa shape index (κ3) is 3.67. The first kappa shape index (κ1) is 16.5. The third-order valence-electron chi connectivity index (χ3n) is 4.43. The molecule has 1 N–H and O–H groups in total. The Morgan fingerprint density at radius 1 is 1.15 bits per heavy atom. The van der Waals surface area contributed by atoms with E-state index < -0.39 is 0 Å². The molecule has 2 aromatic carbocycles. The van der Waals surface area contributed by atoms with E-state index in [-0.39, 0.29) is 17.6 Å². The van der Waals surface area contributed by atoms with Crippen molar-refractivity contribution >= 4 is 5.91 Å². The van der Waals surface area contributed by atoms with Crippen molar-refractivity contribution in [3.8, 4) is 11.5 Å². The van der Waals surface area contributed by atoms with Gasteiger partial charge in [-0.15, -0.1) is 0 Å². The van der Waals surface area contributed by atoms with Gasteiger partial charge < -0.3 is 9.73 Å². The van der Waals surface area contributed by atoms with Crippen LogP contribution in [0.5, 0.6) is 0 Å². The molecule has 0 aliphatic heterocycles. The van der Waals surface area contributed by atoms with E-state index in [0.29, 0.717) is 30.3 Å². The first-order valence-corrected chi connectivity index (χ1v) is 8.79. The van der Waals surface area contributed by atoms with Gasteiger partial charge in [-0.25, -0.2) is 9.37 Å². The molecule has 1 aliphatic carbocycles. The van der Waals surface area contributed by atoms with Crippen molar-refractivity contribution in [1.29, 1.82) is 0 Å². The molecule has 0 spiro atoms. The smallest absolute Gasteiger partial charge is 0.273 e. The van der Waals surface area contributed by atoms with Crippen LogP contribution in [0.2, 0.25) is 0 Å². The van der Waals surface area contributed by atoms with E-state index in [9.17, 15) is 9.18 Å². The Morgan fingerprint density at radius 2 is 1.96 bits per heavy atom. The molecule has 4 rings (SSSR count). The van der Waals surface area contributed by atoms with Crippen molar-refractivity contribution in [3.05, 3.63) is 77.4 Å². The number of nitrogens with one attached hydrogen (secondary N) is 1. The molecule has 0 unspecified atom stereocenters. The molecular weight excluding hydrogens is 331 g/mol. The fourth-order valence-electron chi connectivity index (χ4n) is 2.92. The van der Waals surface area contributed by atoms with Crippen LogP contribution in [-0.4, -0.2) is 17.4 Å². The van der Waals surface area contributed by atoms with E-state index in [1.54, 1.807) is 6.07 Å². The van der Waals surface area contributed by atoms with Crippen LogP contribution in [0.25, 0.3) is 11.5 Å². The van der Waals surface area contributed by atoms with Crippen molar-refractivity contribution in [3.63, 3.8) is 0 Å². The molecule has 1 saturated carbocycles. The van der Waals surface area contributed by atoms with Crippen LogP contribution in [-0.2, 0) is 6.42 Å². The van der Waals surface area contributed by atoms with Crippen LogP contribution < -0.4 is 5.32 Å². The highest BCUT2D eigenvalue weighted by atomic mass is 19.1. The number of amides is 1. The summed E-state index contributed by atoms with van der Waals surface area (Å²) in [6, 6.07) is 16.0. The Kier molecular flexibility index (Phi) is 4.52. The fraction of sp³-hybridized carbons (Fsp3) is 0.238. The molecule has 26 heavy (non-hydrogen) atoms.